The largest absolute Gasteiger partial charge is 0.489 e. The average Bonchev–Trinajstić information content (AvgIpc) is 2.74. The maximum atomic E-state index is 12.7. The molecule has 0 unspecified atom stereocenters. The van der Waals surface area contributed by atoms with Crippen LogP contribution in [0.15, 0.2) is 53.8 Å². The zero-order chi connectivity index (χ0) is 21.7. The normalized spacial score (nSPS) is 10.9. The second-order valence-electron chi connectivity index (χ2n) is 5.82. The standard InChI is InChI=1S/C18H18N6O5S/c1-28-15-17(21-10-22-18(15)29-2)24-30(26,27)13-6-4-12(5-7-13)23-14-8-3-11(9-20-14)16(19)25/h3-10H,1-2H3,(H2,19,25)(H,20,23)(H,21,22,24). The number of nitrogens with two attached hydrogens (primary N) is 1. The maximum absolute atomic E-state index is 12.7. The van der Waals surface area contributed by atoms with E-state index < -0.39 is 15.9 Å². The Morgan fingerprint density at radius 3 is 2.30 bits per heavy atom. The third-order valence-electron chi connectivity index (χ3n) is 3.88. The van der Waals surface area contributed by atoms with E-state index in [-0.39, 0.29) is 27.9 Å². The number of aromatic nitrogens is 3. The van der Waals surface area contributed by atoms with Gasteiger partial charge in [0.25, 0.3) is 15.9 Å². The number of carbonyl (C=O) groups is 1. The van der Waals surface area contributed by atoms with Crippen molar-refractivity contribution in [2.45, 2.75) is 4.90 Å². The molecule has 3 aromatic rings. The SMILES string of the molecule is COc1ncnc(NS(=O)(=O)c2ccc(Nc3ccc(C(N)=O)cn3)cc2)c1OC. The Morgan fingerprint density at radius 1 is 1.00 bits per heavy atom. The molecule has 0 spiro atoms. The van der Waals surface area contributed by atoms with Crippen molar-refractivity contribution >= 4 is 33.3 Å². The second-order valence-corrected chi connectivity index (χ2v) is 7.50. The third-order valence-corrected chi connectivity index (χ3v) is 5.24. The molecule has 0 saturated heterocycles. The van der Waals surface area contributed by atoms with E-state index in [0.29, 0.717) is 11.5 Å². The molecular weight excluding hydrogens is 412 g/mol. The summed E-state index contributed by atoms with van der Waals surface area (Å²) in [6, 6.07) is 9.07. The molecule has 0 aliphatic rings. The van der Waals surface area contributed by atoms with Crippen molar-refractivity contribution in [3.05, 3.63) is 54.5 Å². The van der Waals surface area contributed by atoms with Crippen LogP contribution < -0.4 is 25.2 Å². The highest BCUT2D eigenvalue weighted by Crippen LogP contribution is 2.32. The van der Waals surface area contributed by atoms with Gasteiger partial charge in [0.05, 0.1) is 24.7 Å². The summed E-state index contributed by atoms with van der Waals surface area (Å²) in [5.41, 5.74) is 6.05. The van der Waals surface area contributed by atoms with Crippen molar-refractivity contribution in [1.29, 1.82) is 0 Å². The fourth-order valence-corrected chi connectivity index (χ4v) is 3.44. The van der Waals surface area contributed by atoms with Gasteiger partial charge >= 0.3 is 0 Å². The zero-order valence-corrected chi connectivity index (χ0v) is 16.8. The average molecular weight is 430 g/mol. The van der Waals surface area contributed by atoms with Gasteiger partial charge in [-0.05, 0) is 36.4 Å². The van der Waals surface area contributed by atoms with Crippen LogP contribution in [0.25, 0.3) is 0 Å². The molecule has 0 aliphatic heterocycles. The molecule has 1 aromatic carbocycles. The summed E-state index contributed by atoms with van der Waals surface area (Å²) in [4.78, 5) is 22.9. The number of pyridine rings is 1. The molecule has 156 valence electrons. The Hall–Kier alpha value is -3.93. The first-order valence-corrected chi connectivity index (χ1v) is 9.91. The van der Waals surface area contributed by atoms with Gasteiger partial charge in [0, 0.05) is 11.9 Å². The van der Waals surface area contributed by atoms with Gasteiger partial charge in [-0.1, -0.05) is 0 Å². The lowest BCUT2D eigenvalue weighted by Crippen LogP contribution is -2.15. The monoisotopic (exact) mass is 430 g/mol. The van der Waals surface area contributed by atoms with Crippen LogP contribution in [0.4, 0.5) is 17.3 Å². The predicted octanol–water partition coefficient (Wildman–Crippen LogP) is 1.53. The lowest BCUT2D eigenvalue weighted by Gasteiger charge is -2.13. The first-order chi connectivity index (χ1) is 14.3. The molecule has 2 heterocycles. The number of carbonyl (C=O) groups excluding carboxylic acids is 1. The number of hydrogen-bond donors (Lipinski definition) is 3. The number of rotatable bonds is 8. The smallest absolute Gasteiger partial charge is 0.263 e. The van der Waals surface area contributed by atoms with Gasteiger partial charge < -0.3 is 20.5 Å². The number of sulfonamides is 1. The molecule has 0 fully saturated rings. The molecule has 2 aromatic heterocycles. The van der Waals surface area contributed by atoms with Gasteiger partial charge in [0.1, 0.15) is 12.1 Å². The number of primary amides is 1. The van der Waals surface area contributed by atoms with Gasteiger partial charge in [-0.15, -0.1) is 0 Å². The number of nitrogens with one attached hydrogen (secondary N) is 2. The van der Waals surface area contributed by atoms with Gasteiger partial charge in [-0.25, -0.2) is 18.4 Å². The molecule has 0 bridgehead atoms. The number of amides is 1. The molecule has 1 amide bonds. The van der Waals surface area contributed by atoms with Crippen LogP contribution in [-0.4, -0.2) is 43.5 Å². The second kappa shape index (κ2) is 8.61. The summed E-state index contributed by atoms with van der Waals surface area (Å²) in [7, 11) is -1.22. The van der Waals surface area contributed by atoms with Crippen molar-refractivity contribution in [3.63, 3.8) is 0 Å². The molecule has 30 heavy (non-hydrogen) atoms. The third kappa shape index (κ3) is 4.55. The first-order valence-electron chi connectivity index (χ1n) is 8.43. The van der Waals surface area contributed by atoms with E-state index in [1.165, 1.54) is 38.6 Å². The minimum absolute atomic E-state index is 0.00437. The lowest BCUT2D eigenvalue weighted by atomic mass is 10.2. The Morgan fingerprint density at radius 2 is 1.73 bits per heavy atom. The summed E-state index contributed by atoms with van der Waals surface area (Å²) < 4.78 is 37.9. The summed E-state index contributed by atoms with van der Waals surface area (Å²) in [6.07, 6.45) is 2.50. The summed E-state index contributed by atoms with van der Waals surface area (Å²) in [6.45, 7) is 0. The van der Waals surface area contributed by atoms with E-state index in [1.54, 1.807) is 18.2 Å². The van der Waals surface area contributed by atoms with Gasteiger partial charge in [-0.2, -0.15) is 4.98 Å². The number of nitrogens with zero attached hydrogens (tertiary/aromatic N) is 3. The summed E-state index contributed by atoms with van der Waals surface area (Å²) in [5.74, 6) is -0.00201. The quantitative estimate of drug-likeness (QED) is 0.482. The highest BCUT2D eigenvalue weighted by atomic mass is 32.2. The highest BCUT2D eigenvalue weighted by Gasteiger charge is 2.20. The molecule has 0 saturated carbocycles. The van der Waals surface area contributed by atoms with Crippen LogP contribution in [-0.2, 0) is 10.0 Å². The first kappa shape index (κ1) is 20.8. The van der Waals surface area contributed by atoms with Crippen molar-refractivity contribution in [1.82, 2.24) is 15.0 Å². The van der Waals surface area contributed by atoms with Crippen LogP contribution in [0, 0.1) is 0 Å². The number of benzene rings is 1. The zero-order valence-electron chi connectivity index (χ0n) is 16.0. The van der Waals surface area contributed by atoms with E-state index in [2.05, 4.69) is 25.0 Å². The maximum Gasteiger partial charge on any atom is 0.263 e. The Balaban J connectivity index is 1.77. The lowest BCUT2D eigenvalue weighted by molar-refractivity contribution is 0.1000. The Bertz CT molecular complexity index is 1150. The number of anilines is 3. The van der Waals surface area contributed by atoms with Gasteiger partial charge in [0.15, 0.2) is 5.82 Å². The topological polar surface area (TPSA) is 158 Å². The van der Waals surface area contributed by atoms with Crippen LogP contribution in [0.1, 0.15) is 10.4 Å². The fourth-order valence-electron chi connectivity index (χ4n) is 2.42. The van der Waals surface area contributed by atoms with Crippen molar-refractivity contribution in [2.75, 3.05) is 24.3 Å². The van der Waals surface area contributed by atoms with Gasteiger partial charge in [0.2, 0.25) is 11.7 Å². The van der Waals surface area contributed by atoms with E-state index in [9.17, 15) is 13.2 Å². The fraction of sp³-hybridized carbons (Fsp3) is 0.111. The van der Waals surface area contributed by atoms with Crippen LogP contribution in [0.3, 0.4) is 0 Å². The molecular formula is C18H18N6O5S. The van der Waals surface area contributed by atoms with E-state index in [0.717, 1.165) is 6.33 Å². The molecule has 3 rings (SSSR count). The van der Waals surface area contributed by atoms with Crippen LogP contribution >= 0.6 is 0 Å². The minimum atomic E-state index is -3.95. The van der Waals surface area contributed by atoms with Gasteiger partial charge in [-0.3, -0.25) is 9.52 Å². The molecule has 0 radical (unpaired) electrons. The van der Waals surface area contributed by atoms with E-state index in [1.807, 2.05) is 0 Å². The predicted molar refractivity (Wildman–Crippen MR) is 108 cm³/mol. The van der Waals surface area contributed by atoms with Crippen molar-refractivity contribution in [3.8, 4) is 11.6 Å². The molecule has 11 nitrogen and oxygen atoms in total. The van der Waals surface area contributed by atoms with E-state index >= 15 is 0 Å². The summed E-state index contributed by atoms with van der Waals surface area (Å²) >= 11 is 0. The number of methoxy groups -OCH3 is 2. The number of hydrogen-bond acceptors (Lipinski definition) is 9. The van der Waals surface area contributed by atoms with Crippen molar-refractivity contribution in [2.24, 2.45) is 5.73 Å². The Labute approximate surface area is 172 Å². The summed E-state index contributed by atoms with van der Waals surface area (Å²) in [5, 5.41) is 3.00. The number of ether oxygens (including phenoxy) is 2. The molecule has 0 atom stereocenters. The highest BCUT2D eigenvalue weighted by molar-refractivity contribution is 7.92. The minimum Gasteiger partial charge on any atom is -0.489 e. The Kier molecular flexibility index (Phi) is 5.97. The van der Waals surface area contributed by atoms with Crippen LogP contribution in [0.5, 0.6) is 11.6 Å². The molecule has 4 N–H and O–H groups in total. The van der Waals surface area contributed by atoms with E-state index in [4.69, 9.17) is 15.2 Å². The molecule has 12 heteroatoms. The molecule has 0 aliphatic carbocycles. The van der Waals surface area contributed by atoms with Crippen LogP contribution in [0.2, 0.25) is 0 Å². The van der Waals surface area contributed by atoms with Crippen molar-refractivity contribution < 1.29 is 22.7 Å².